The van der Waals surface area contributed by atoms with Crippen molar-refractivity contribution in [1.82, 2.24) is 10.2 Å². The lowest BCUT2D eigenvalue weighted by atomic mass is 9.76. The number of hydrogen-bond donors (Lipinski definition) is 2. The number of ketones is 1. The average Bonchev–Trinajstić information content (AvgIpc) is 3.36. The van der Waals surface area contributed by atoms with Crippen LogP contribution in [-0.2, 0) is 11.2 Å². The number of allylic oxidation sites excluding steroid dienone is 2. The minimum atomic E-state index is -0.00580. The molecule has 0 atom stereocenters. The van der Waals surface area contributed by atoms with E-state index in [0.29, 0.717) is 12.3 Å². The van der Waals surface area contributed by atoms with Crippen molar-refractivity contribution in [2.24, 2.45) is 5.41 Å². The molecule has 1 saturated carbocycles. The van der Waals surface area contributed by atoms with E-state index in [1.165, 1.54) is 29.7 Å². The van der Waals surface area contributed by atoms with E-state index < -0.39 is 0 Å². The highest BCUT2D eigenvalue weighted by atomic mass is 16.1. The van der Waals surface area contributed by atoms with Crippen LogP contribution in [0.1, 0.15) is 69.2 Å². The molecule has 0 amide bonds. The lowest BCUT2D eigenvalue weighted by Crippen LogP contribution is -2.27. The van der Waals surface area contributed by atoms with Crippen molar-refractivity contribution in [2.45, 2.75) is 58.8 Å². The molecule has 2 aliphatic carbocycles. The number of aromatic nitrogens is 2. The molecule has 1 fully saturated rings. The Morgan fingerprint density at radius 1 is 1.19 bits per heavy atom. The van der Waals surface area contributed by atoms with Gasteiger partial charge in [-0.1, -0.05) is 44.2 Å². The van der Waals surface area contributed by atoms with Crippen LogP contribution in [0.4, 0.5) is 5.82 Å². The fourth-order valence-corrected chi connectivity index (χ4v) is 3.86. The second kappa shape index (κ2) is 6.42. The van der Waals surface area contributed by atoms with Gasteiger partial charge in [-0.15, -0.1) is 0 Å². The Labute approximate surface area is 155 Å². The van der Waals surface area contributed by atoms with E-state index in [9.17, 15) is 4.79 Å². The van der Waals surface area contributed by atoms with Crippen molar-refractivity contribution >= 4 is 11.6 Å². The summed E-state index contributed by atoms with van der Waals surface area (Å²) in [5.74, 6) is 1.73. The van der Waals surface area contributed by atoms with Crippen molar-refractivity contribution in [3.63, 3.8) is 0 Å². The van der Waals surface area contributed by atoms with Crippen LogP contribution in [-0.4, -0.2) is 16.0 Å². The van der Waals surface area contributed by atoms with Crippen LogP contribution in [0.3, 0.4) is 0 Å². The zero-order chi connectivity index (χ0) is 18.3. The first-order valence-corrected chi connectivity index (χ1v) is 9.54. The topological polar surface area (TPSA) is 57.8 Å². The first-order valence-electron chi connectivity index (χ1n) is 9.54. The zero-order valence-electron chi connectivity index (χ0n) is 15.9. The van der Waals surface area contributed by atoms with Crippen molar-refractivity contribution in [2.75, 3.05) is 5.32 Å². The molecular formula is C22H27N3O. The van der Waals surface area contributed by atoms with Gasteiger partial charge in [-0.05, 0) is 37.2 Å². The third kappa shape index (κ3) is 3.46. The minimum Gasteiger partial charge on any atom is -0.342 e. The van der Waals surface area contributed by atoms with Gasteiger partial charge in [0.15, 0.2) is 11.6 Å². The number of rotatable bonds is 5. The second-order valence-electron chi connectivity index (χ2n) is 8.57. The first kappa shape index (κ1) is 17.1. The maximum absolute atomic E-state index is 12.4. The van der Waals surface area contributed by atoms with Crippen molar-refractivity contribution in [3.8, 4) is 0 Å². The number of hydrogen-bond acceptors (Lipinski definition) is 3. The summed E-state index contributed by atoms with van der Waals surface area (Å²) in [6.45, 7) is 6.25. The fourth-order valence-electron chi connectivity index (χ4n) is 3.86. The predicted molar refractivity (Wildman–Crippen MR) is 104 cm³/mol. The molecule has 1 aromatic heterocycles. The molecule has 0 unspecified atom stereocenters. The molecule has 0 bridgehead atoms. The molecule has 0 saturated heterocycles. The quantitative estimate of drug-likeness (QED) is 0.803. The molecule has 1 heterocycles. The number of carbonyl (C=O) groups is 1. The van der Waals surface area contributed by atoms with E-state index in [4.69, 9.17) is 0 Å². The van der Waals surface area contributed by atoms with Gasteiger partial charge in [-0.2, -0.15) is 5.10 Å². The molecule has 0 spiro atoms. The lowest BCUT2D eigenvalue weighted by molar-refractivity contribution is -0.118. The number of anilines is 1. The smallest absolute Gasteiger partial charge is 0.160 e. The summed E-state index contributed by atoms with van der Waals surface area (Å²) in [5.41, 5.74) is 5.66. The van der Waals surface area contributed by atoms with Gasteiger partial charge >= 0.3 is 0 Å². The second-order valence-corrected chi connectivity index (χ2v) is 8.57. The monoisotopic (exact) mass is 349 g/mol. The van der Waals surface area contributed by atoms with Crippen molar-refractivity contribution < 1.29 is 4.79 Å². The van der Waals surface area contributed by atoms with Gasteiger partial charge < -0.3 is 5.32 Å². The molecule has 2 aromatic rings. The van der Waals surface area contributed by atoms with Crippen LogP contribution in [0.15, 0.2) is 41.6 Å². The van der Waals surface area contributed by atoms with E-state index >= 15 is 0 Å². The Kier molecular flexibility index (Phi) is 4.22. The van der Waals surface area contributed by atoms with Crippen LogP contribution >= 0.6 is 0 Å². The van der Waals surface area contributed by atoms with Crippen LogP contribution in [0.25, 0.3) is 0 Å². The normalized spacial score (nSPS) is 19.7. The summed E-state index contributed by atoms with van der Waals surface area (Å²) >= 11 is 0. The maximum Gasteiger partial charge on any atom is 0.160 e. The molecule has 26 heavy (non-hydrogen) atoms. The number of H-pyrrole nitrogens is 1. The summed E-state index contributed by atoms with van der Waals surface area (Å²) in [4.78, 5) is 12.4. The van der Waals surface area contributed by atoms with Gasteiger partial charge in [-0.3, -0.25) is 9.89 Å². The van der Waals surface area contributed by atoms with Crippen LogP contribution < -0.4 is 5.32 Å². The Bertz CT molecular complexity index is 857. The minimum absolute atomic E-state index is 0.00580. The summed E-state index contributed by atoms with van der Waals surface area (Å²) in [5, 5.41) is 11.4. The van der Waals surface area contributed by atoms with E-state index in [0.717, 1.165) is 29.9 Å². The molecule has 136 valence electrons. The zero-order valence-corrected chi connectivity index (χ0v) is 15.9. The highest BCUT2D eigenvalue weighted by molar-refractivity contribution is 5.97. The fraction of sp³-hybridized carbons (Fsp3) is 0.455. The van der Waals surface area contributed by atoms with E-state index in [2.05, 4.69) is 53.6 Å². The first-order chi connectivity index (χ1) is 12.4. The summed E-state index contributed by atoms with van der Waals surface area (Å²) in [7, 11) is 0. The lowest BCUT2D eigenvalue weighted by Gasteiger charge is -2.31. The molecule has 2 N–H and O–H groups in total. The highest BCUT2D eigenvalue weighted by Crippen LogP contribution is 2.43. The number of nitrogens with zero attached hydrogens (tertiary/aromatic N) is 1. The molecule has 0 radical (unpaired) electrons. The molecule has 4 heteroatoms. The molecular weight excluding hydrogens is 322 g/mol. The van der Waals surface area contributed by atoms with Crippen LogP contribution in [0.5, 0.6) is 0 Å². The number of aromatic amines is 1. The third-order valence-corrected chi connectivity index (χ3v) is 5.54. The highest BCUT2D eigenvalue weighted by Gasteiger charge is 2.33. The number of carbonyl (C=O) groups excluding carboxylic acids is 1. The average molecular weight is 349 g/mol. The van der Waals surface area contributed by atoms with Gasteiger partial charge in [0.1, 0.15) is 0 Å². The van der Waals surface area contributed by atoms with Gasteiger partial charge in [0.25, 0.3) is 0 Å². The Hall–Kier alpha value is -2.36. The van der Waals surface area contributed by atoms with E-state index in [-0.39, 0.29) is 11.2 Å². The molecule has 4 nitrogen and oxygen atoms in total. The molecule has 0 aliphatic heterocycles. The SMILES string of the molecule is CC1=C(Nc2n[nH]c(C3CC3)c2Cc2ccccc2)CC(C)(C)CC1=O. The Morgan fingerprint density at radius 3 is 2.62 bits per heavy atom. The number of nitrogens with one attached hydrogen (secondary N) is 2. The van der Waals surface area contributed by atoms with E-state index in [1.54, 1.807) is 0 Å². The van der Waals surface area contributed by atoms with Gasteiger partial charge in [0.2, 0.25) is 0 Å². The largest absolute Gasteiger partial charge is 0.342 e. The predicted octanol–water partition coefficient (Wildman–Crippen LogP) is 4.95. The van der Waals surface area contributed by atoms with Crippen LogP contribution in [0, 0.1) is 5.41 Å². The Morgan fingerprint density at radius 2 is 1.92 bits per heavy atom. The number of Topliss-reactive ketones (excluding diaryl/α,β-unsaturated/α-hetero) is 1. The van der Waals surface area contributed by atoms with E-state index in [1.807, 2.05) is 13.0 Å². The van der Waals surface area contributed by atoms with Gasteiger partial charge in [0.05, 0.1) is 0 Å². The summed E-state index contributed by atoms with van der Waals surface area (Å²) < 4.78 is 0. The number of benzene rings is 1. The molecule has 1 aromatic carbocycles. The molecule has 4 rings (SSSR count). The Balaban J connectivity index is 1.66. The molecule has 2 aliphatic rings. The third-order valence-electron chi connectivity index (χ3n) is 5.54. The van der Waals surface area contributed by atoms with Gasteiger partial charge in [-0.25, -0.2) is 0 Å². The van der Waals surface area contributed by atoms with Crippen molar-refractivity contribution in [1.29, 1.82) is 0 Å². The summed E-state index contributed by atoms with van der Waals surface area (Å²) in [6, 6.07) is 10.5. The maximum atomic E-state index is 12.4. The van der Waals surface area contributed by atoms with Crippen molar-refractivity contribution in [3.05, 3.63) is 58.4 Å². The summed E-state index contributed by atoms with van der Waals surface area (Å²) in [6.07, 6.45) is 4.82. The van der Waals surface area contributed by atoms with Gasteiger partial charge in [0, 0.05) is 41.3 Å². The van der Waals surface area contributed by atoms with Crippen LogP contribution in [0.2, 0.25) is 0 Å². The standard InChI is InChI=1S/C22H27N3O/c1-14-18(12-22(2,3)13-19(14)26)23-21-17(11-15-7-5-4-6-8-15)20(24-25-21)16-9-10-16/h4-8,16H,9-13H2,1-3H3,(H2,23,24,25).